The van der Waals surface area contributed by atoms with Gasteiger partial charge in [0.15, 0.2) is 12.4 Å². The molecule has 1 aromatic carbocycles. The Labute approximate surface area is 123 Å². The summed E-state index contributed by atoms with van der Waals surface area (Å²) in [6.45, 7) is 4.83. The minimum atomic E-state index is -0.626. The number of benzene rings is 1. The van der Waals surface area contributed by atoms with Crippen LogP contribution in [0.15, 0.2) is 18.2 Å². The fourth-order valence-electron chi connectivity index (χ4n) is 2.52. The topological polar surface area (TPSA) is 46.6 Å². The minimum Gasteiger partial charge on any atom is -0.484 e. The second-order valence-electron chi connectivity index (χ2n) is 5.57. The number of ether oxygens (including phenoxy) is 1. The molecule has 0 saturated carbocycles. The first-order chi connectivity index (χ1) is 9.97. The van der Waals surface area contributed by atoms with E-state index in [1.165, 1.54) is 19.1 Å². The van der Waals surface area contributed by atoms with Crippen molar-refractivity contribution >= 4 is 11.7 Å². The molecule has 0 spiro atoms. The Morgan fingerprint density at radius 2 is 2.19 bits per heavy atom. The third kappa shape index (κ3) is 4.03. The summed E-state index contributed by atoms with van der Waals surface area (Å²) in [6, 6.07) is 4.02. The first-order valence-corrected chi connectivity index (χ1v) is 7.18. The predicted octanol–water partition coefficient (Wildman–Crippen LogP) is 2.67. The first-order valence-electron chi connectivity index (χ1n) is 7.18. The van der Waals surface area contributed by atoms with Crippen LogP contribution in [0, 0.1) is 11.7 Å². The summed E-state index contributed by atoms with van der Waals surface area (Å²) in [5.41, 5.74) is 0.0264. The minimum absolute atomic E-state index is 0.0264. The van der Waals surface area contributed by atoms with Crippen LogP contribution in [0.25, 0.3) is 0 Å². The van der Waals surface area contributed by atoms with Crippen LogP contribution < -0.4 is 4.74 Å². The SMILES string of the molecule is CC(=O)c1ccc(OCC(=O)N2CCCC(C)C2)cc1F. The molecule has 21 heavy (non-hydrogen) atoms. The largest absolute Gasteiger partial charge is 0.484 e. The zero-order valence-corrected chi connectivity index (χ0v) is 12.4. The molecule has 1 fully saturated rings. The first kappa shape index (κ1) is 15.5. The van der Waals surface area contributed by atoms with Crippen LogP contribution in [0.1, 0.15) is 37.0 Å². The van der Waals surface area contributed by atoms with Crippen LogP contribution >= 0.6 is 0 Å². The van der Waals surface area contributed by atoms with Crippen molar-refractivity contribution in [3.63, 3.8) is 0 Å². The fraction of sp³-hybridized carbons (Fsp3) is 0.500. The number of carbonyl (C=O) groups excluding carboxylic acids is 2. The Kier molecular flexibility index (Phi) is 4.94. The van der Waals surface area contributed by atoms with Gasteiger partial charge in [-0.2, -0.15) is 0 Å². The van der Waals surface area contributed by atoms with E-state index in [4.69, 9.17) is 4.74 Å². The molecular weight excluding hydrogens is 273 g/mol. The van der Waals surface area contributed by atoms with E-state index < -0.39 is 5.82 Å². The second-order valence-corrected chi connectivity index (χ2v) is 5.57. The van der Waals surface area contributed by atoms with E-state index in [1.807, 2.05) is 0 Å². The average molecular weight is 293 g/mol. The molecule has 1 atom stereocenters. The molecule has 0 aromatic heterocycles. The maximum absolute atomic E-state index is 13.6. The average Bonchev–Trinajstić information content (AvgIpc) is 2.44. The Morgan fingerprint density at radius 1 is 1.43 bits per heavy atom. The number of hydrogen-bond acceptors (Lipinski definition) is 3. The zero-order valence-electron chi connectivity index (χ0n) is 12.4. The maximum atomic E-state index is 13.6. The Bertz CT molecular complexity index is 544. The van der Waals surface area contributed by atoms with Gasteiger partial charge in [0.2, 0.25) is 0 Å². The number of halogens is 1. The second kappa shape index (κ2) is 6.70. The highest BCUT2D eigenvalue weighted by Gasteiger charge is 2.21. The highest BCUT2D eigenvalue weighted by molar-refractivity contribution is 5.94. The summed E-state index contributed by atoms with van der Waals surface area (Å²) in [7, 11) is 0. The zero-order chi connectivity index (χ0) is 15.4. The van der Waals surface area contributed by atoms with Gasteiger partial charge >= 0.3 is 0 Å². The van der Waals surface area contributed by atoms with Gasteiger partial charge in [0.1, 0.15) is 11.6 Å². The molecule has 4 nitrogen and oxygen atoms in total. The van der Waals surface area contributed by atoms with Gasteiger partial charge in [-0.05, 0) is 37.8 Å². The summed E-state index contributed by atoms with van der Waals surface area (Å²) in [5.74, 6) is -0.278. The van der Waals surface area contributed by atoms with Crippen molar-refractivity contribution in [2.75, 3.05) is 19.7 Å². The standard InChI is InChI=1S/C16H20FNO3/c1-11-4-3-7-18(9-11)16(20)10-21-13-5-6-14(12(2)19)15(17)8-13/h5-6,8,11H,3-4,7,9-10H2,1-2H3. The quantitative estimate of drug-likeness (QED) is 0.802. The Morgan fingerprint density at radius 3 is 2.81 bits per heavy atom. The van der Waals surface area contributed by atoms with Crippen molar-refractivity contribution in [2.45, 2.75) is 26.7 Å². The van der Waals surface area contributed by atoms with Gasteiger partial charge in [-0.3, -0.25) is 9.59 Å². The van der Waals surface area contributed by atoms with Gasteiger partial charge in [0.25, 0.3) is 5.91 Å². The number of carbonyl (C=O) groups is 2. The molecule has 0 N–H and O–H groups in total. The highest BCUT2D eigenvalue weighted by atomic mass is 19.1. The highest BCUT2D eigenvalue weighted by Crippen LogP contribution is 2.18. The van der Waals surface area contributed by atoms with E-state index in [9.17, 15) is 14.0 Å². The third-order valence-electron chi connectivity index (χ3n) is 3.69. The number of amides is 1. The van der Waals surface area contributed by atoms with Crippen LogP contribution in [0.2, 0.25) is 0 Å². The molecule has 1 aliphatic rings. The molecule has 5 heteroatoms. The Hall–Kier alpha value is -1.91. The van der Waals surface area contributed by atoms with Gasteiger partial charge in [-0.15, -0.1) is 0 Å². The summed E-state index contributed by atoms with van der Waals surface area (Å²) in [6.07, 6.45) is 2.15. The van der Waals surface area contributed by atoms with Crippen molar-refractivity contribution < 1.29 is 18.7 Å². The monoisotopic (exact) mass is 293 g/mol. The van der Waals surface area contributed by atoms with Crippen LogP contribution in [-0.4, -0.2) is 36.3 Å². The normalized spacial score (nSPS) is 18.4. The van der Waals surface area contributed by atoms with Gasteiger partial charge in [0, 0.05) is 19.2 Å². The van der Waals surface area contributed by atoms with Gasteiger partial charge in [-0.25, -0.2) is 4.39 Å². The smallest absolute Gasteiger partial charge is 0.260 e. The molecule has 0 radical (unpaired) electrons. The number of likely N-dealkylation sites (tertiary alicyclic amines) is 1. The van der Waals surface area contributed by atoms with Crippen molar-refractivity contribution in [2.24, 2.45) is 5.92 Å². The number of rotatable bonds is 4. The molecule has 1 aromatic rings. The lowest BCUT2D eigenvalue weighted by molar-refractivity contribution is -0.135. The van der Waals surface area contributed by atoms with E-state index in [1.54, 1.807) is 4.90 Å². The molecule has 1 unspecified atom stereocenters. The number of Topliss-reactive ketones (excluding diaryl/α,β-unsaturated/α-hetero) is 1. The summed E-state index contributed by atoms with van der Waals surface area (Å²) in [5, 5.41) is 0. The van der Waals surface area contributed by atoms with Crippen molar-refractivity contribution in [3.05, 3.63) is 29.6 Å². The predicted molar refractivity (Wildman–Crippen MR) is 76.9 cm³/mol. The summed E-state index contributed by atoms with van der Waals surface area (Å²) in [4.78, 5) is 25.0. The Balaban J connectivity index is 1.92. The number of nitrogens with zero attached hydrogens (tertiary/aromatic N) is 1. The van der Waals surface area contributed by atoms with Crippen molar-refractivity contribution in [1.29, 1.82) is 0 Å². The van der Waals surface area contributed by atoms with Crippen LogP contribution in [0.4, 0.5) is 4.39 Å². The van der Waals surface area contributed by atoms with E-state index in [0.29, 0.717) is 5.92 Å². The third-order valence-corrected chi connectivity index (χ3v) is 3.69. The lowest BCUT2D eigenvalue weighted by Crippen LogP contribution is -2.41. The molecule has 2 rings (SSSR count). The molecule has 1 heterocycles. The summed E-state index contributed by atoms with van der Waals surface area (Å²) >= 11 is 0. The van der Waals surface area contributed by atoms with Crippen LogP contribution in [-0.2, 0) is 4.79 Å². The van der Waals surface area contributed by atoms with E-state index in [2.05, 4.69) is 6.92 Å². The molecule has 1 amide bonds. The summed E-state index contributed by atoms with van der Waals surface area (Å²) < 4.78 is 19.0. The van der Waals surface area contributed by atoms with Gasteiger partial charge in [-0.1, -0.05) is 6.92 Å². The van der Waals surface area contributed by atoms with E-state index >= 15 is 0 Å². The number of ketones is 1. The molecule has 0 bridgehead atoms. The van der Waals surface area contributed by atoms with Gasteiger partial charge in [0.05, 0.1) is 5.56 Å². The molecular formula is C16H20FNO3. The number of piperidine rings is 1. The molecule has 0 aliphatic carbocycles. The van der Waals surface area contributed by atoms with Crippen molar-refractivity contribution in [1.82, 2.24) is 4.90 Å². The van der Waals surface area contributed by atoms with Gasteiger partial charge < -0.3 is 9.64 Å². The fourth-order valence-corrected chi connectivity index (χ4v) is 2.52. The molecule has 114 valence electrons. The van der Waals surface area contributed by atoms with Crippen LogP contribution in [0.3, 0.4) is 0 Å². The molecule has 1 aliphatic heterocycles. The van der Waals surface area contributed by atoms with Crippen molar-refractivity contribution in [3.8, 4) is 5.75 Å². The lowest BCUT2D eigenvalue weighted by atomic mass is 10.0. The van der Waals surface area contributed by atoms with E-state index in [0.717, 1.165) is 32.0 Å². The lowest BCUT2D eigenvalue weighted by Gasteiger charge is -2.30. The number of hydrogen-bond donors (Lipinski definition) is 0. The van der Waals surface area contributed by atoms with Crippen LogP contribution in [0.5, 0.6) is 5.75 Å². The maximum Gasteiger partial charge on any atom is 0.260 e. The molecule has 1 saturated heterocycles. The van der Waals surface area contributed by atoms with E-state index in [-0.39, 0.29) is 29.6 Å².